The molecule has 0 saturated carbocycles. The molecule has 0 aliphatic rings. The highest BCUT2D eigenvalue weighted by molar-refractivity contribution is 6.03. The summed E-state index contributed by atoms with van der Waals surface area (Å²) in [4.78, 5) is 22.3. The largest absolute Gasteiger partial charge is 0.478 e. The molecule has 0 heterocycles. The first kappa shape index (κ1) is 13.1. The Labute approximate surface area is 110 Å². The topological polar surface area (TPSA) is 74.6 Å². The maximum atomic E-state index is 11.3. The maximum absolute atomic E-state index is 11.3. The third-order valence-electron chi connectivity index (χ3n) is 3.60. The van der Waals surface area contributed by atoms with Crippen molar-refractivity contribution in [1.29, 1.82) is 0 Å². The number of carboxylic acids is 2. The summed E-state index contributed by atoms with van der Waals surface area (Å²) in [5.74, 6) is -1.94. The van der Waals surface area contributed by atoms with Crippen LogP contribution < -0.4 is 0 Å². The molecular formula is C15H14O4. The first-order chi connectivity index (χ1) is 8.84. The van der Waals surface area contributed by atoms with E-state index in [9.17, 15) is 14.7 Å². The number of carbonyl (C=O) groups is 2. The van der Waals surface area contributed by atoms with Gasteiger partial charge in [0.2, 0.25) is 0 Å². The molecule has 0 bridgehead atoms. The van der Waals surface area contributed by atoms with Gasteiger partial charge >= 0.3 is 11.9 Å². The SMILES string of the molecule is Cc1c(C(=O)O)c(C)c2ccc(C(=O)O)cc2c1C. The normalized spacial score (nSPS) is 10.7. The zero-order valence-corrected chi connectivity index (χ0v) is 10.9. The second-order valence-corrected chi connectivity index (χ2v) is 4.62. The van der Waals surface area contributed by atoms with Crippen molar-refractivity contribution >= 4 is 22.7 Å². The number of hydrogen-bond donors (Lipinski definition) is 2. The molecule has 0 unspecified atom stereocenters. The zero-order valence-electron chi connectivity index (χ0n) is 10.9. The van der Waals surface area contributed by atoms with Crippen LogP contribution in [0.3, 0.4) is 0 Å². The Morgan fingerprint density at radius 1 is 0.842 bits per heavy atom. The van der Waals surface area contributed by atoms with Gasteiger partial charge in [0.1, 0.15) is 0 Å². The van der Waals surface area contributed by atoms with Crippen LogP contribution in [0.1, 0.15) is 37.4 Å². The molecule has 0 atom stereocenters. The van der Waals surface area contributed by atoms with Crippen LogP contribution in [-0.2, 0) is 0 Å². The number of rotatable bonds is 2. The average Bonchev–Trinajstić information content (AvgIpc) is 2.35. The quantitative estimate of drug-likeness (QED) is 0.867. The molecule has 19 heavy (non-hydrogen) atoms. The average molecular weight is 258 g/mol. The van der Waals surface area contributed by atoms with Crippen molar-refractivity contribution in [2.45, 2.75) is 20.8 Å². The Bertz CT molecular complexity index is 714. The Morgan fingerprint density at radius 3 is 2.00 bits per heavy atom. The second kappa shape index (κ2) is 4.39. The molecule has 0 radical (unpaired) electrons. The smallest absolute Gasteiger partial charge is 0.336 e. The van der Waals surface area contributed by atoms with Crippen molar-refractivity contribution in [3.63, 3.8) is 0 Å². The lowest BCUT2D eigenvalue weighted by molar-refractivity contribution is 0.0685. The molecule has 98 valence electrons. The van der Waals surface area contributed by atoms with E-state index >= 15 is 0 Å². The fourth-order valence-corrected chi connectivity index (χ4v) is 2.44. The Kier molecular flexibility index (Phi) is 3.02. The van der Waals surface area contributed by atoms with Gasteiger partial charge in [0.25, 0.3) is 0 Å². The third kappa shape index (κ3) is 1.95. The molecule has 4 nitrogen and oxygen atoms in total. The maximum Gasteiger partial charge on any atom is 0.336 e. The van der Waals surface area contributed by atoms with Gasteiger partial charge in [0.15, 0.2) is 0 Å². The number of carboxylic acid groups (broad SMARTS) is 2. The second-order valence-electron chi connectivity index (χ2n) is 4.62. The predicted octanol–water partition coefficient (Wildman–Crippen LogP) is 3.16. The molecule has 0 aliphatic heterocycles. The van der Waals surface area contributed by atoms with E-state index in [4.69, 9.17) is 5.11 Å². The Hall–Kier alpha value is -2.36. The van der Waals surface area contributed by atoms with E-state index in [1.807, 2.05) is 6.92 Å². The fraction of sp³-hybridized carbons (Fsp3) is 0.200. The zero-order chi connectivity index (χ0) is 14.3. The van der Waals surface area contributed by atoms with Crippen LogP contribution in [0.5, 0.6) is 0 Å². The lowest BCUT2D eigenvalue weighted by Gasteiger charge is -2.14. The lowest BCUT2D eigenvalue weighted by atomic mass is 9.90. The molecular weight excluding hydrogens is 244 g/mol. The van der Waals surface area contributed by atoms with Gasteiger partial charge in [-0.05, 0) is 60.4 Å². The summed E-state index contributed by atoms with van der Waals surface area (Å²) in [7, 11) is 0. The van der Waals surface area contributed by atoms with Gasteiger partial charge in [0.05, 0.1) is 11.1 Å². The molecule has 0 saturated heterocycles. The molecule has 2 aromatic rings. The lowest BCUT2D eigenvalue weighted by Crippen LogP contribution is -2.06. The molecule has 0 spiro atoms. The van der Waals surface area contributed by atoms with Gasteiger partial charge in [-0.3, -0.25) is 0 Å². The van der Waals surface area contributed by atoms with Crippen molar-refractivity contribution in [2.75, 3.05) is 0 Å². The van der Waals surface area contributed by atoms with Gasteiger partial charge in [-0.2, -0.15) is 0 Å². The van der Waals surface area contributed by atoms with Crippen LogP contribution >= 0.6 is 0 Å². The summed E-state index contributed by atoms with van der Waals surface area (Å²) in [6.45, 7) is 5.31. The number of aryl methyl sites for hydroxylation is 2. The number of hydrogen-bond acceptors (Lipinski definition) is 2. The highest BCUT2D eigenvalue weighted by Crippen LogP contribution is 2.30. The molecule has 0 amide bonds. The highest BCUT2D eigenvalue weighted by Gasteiger charge is 2.17. The van der Waals surface area contributed by atoms with E-state index in [0.29, 0.717) is 16.7 Å². The summed E-state index contributed by atoms with van der Waals surface area (Å²) < 4.78 is 0. The van der Waals surface area contributed by atoms with Gasteiger partial charge in [0, 0.05) is 0 Å². The summed E-state index contributed by atoms with van der Waals surface area (Å²) in [5, 5.41) is 19.9. The summed E-state index contributed by atoms with van der Waals surface area (Å²) in [6.07, 6.45) is 0. The molecule has 0 aliphatic carbocycles. The van der Waals surface area contributed by atoms with Crippen molar-refractivity contribution in [3.05, 3.63) is 46.0 Å². The third-order valence-corrected chi connectivity index (χ3v) is 3.60. The summed E-state index contributed by atoms with van der Waals surface area (Å²) >= 11 is 0. The predicted molar refractivity (Wildman–Crippen MR) is 72.1 cm³/mol. The van der Waals surface area contributed by atoms with E-state index in [1.54, 1.807) is 26.0 Å². The fourth-order valence-electron chi connectivity index (χ4n) is 2.44. The molecule has 0 aromatic heterocycles. The van der Waals surface area contributed by atoms with Crippen LogP contribution in [0, 0.1) is 20.8 Å². The van der Waals surface area contributed by atoms with Gasteiger partial charge in [-0.25, -0.2) is 9.59 Å². The van der Waals surface area contributed by atoms with Gasteiger partial charge in [-0.15, -0.1) is 0 Å². The van der Waals surface area contributed by atoms with Crippen LogP contribution in [0.4, 0.5) is 0 Å². The highest BCUT2D eigenvalue weighted by atomic mass is 16.4. The summed E-state index contributed by atoms with van der Waals surface area (Å²) in [5.41, 5.74) is 2.66. The standard InChI is InChI=1S/C15H14O4/c1-7-8(2)13(15(18)19)9(3)11-5-4-10(14(16)17)6-12(7)11/h4-6H,1-3H3,(H,16,17)(H,18,19). The Morgan fingerprint density at radius 2 is 1.47 bits per heavy atom. The van der Waals surface area contributed by atoms with E-state index in [-0.39, 0.29) is 5.56 Å². The minimum atomic E-state index is -0.987. The van der Waals surface area contributed by atoms with Crippen molar-refractivity contribution < 1.29 is 19.8 Å². The minimum Gasteiger partial charge on any atom is -0.478 e. The molecule has 0 fully saturated rings. The van der Waals surface area contributed by atoms with Crippen LogP contribution in [-0.4, -0.2) is 22.2 Å². The number of benzene rings is 2. The monoisotopic (exact) mass is 258 g/mol. The van der Waals surface area contributed by atoms with E-state index < -0.39 is 11.9 Å². The number of aromatic carboxylic acids is 2. The summed E-state index contributed by atoms with van der Waals surface area (Å²) in [6, 6.07) is 4.77. The van der Waals surface area contributed by atoms with Gasteiger partial charge in [-0.1, -0.05) is 6.07 Å². The molecule has 2 aromatic carbocycles. The van der Waals surface area contributed by atoms with E-state index in [1.165, 1.54) is 6.07 Å². The van der Waals surface area contributed by atoms with Gasteiger partial charge < -0.3 is 10.2 Å². The van der Waals surface area contributed by atoms with Crippen molar-refractivity contribution in [3.8, 4) is 0 Å². The van der Waals surface area contributed by atoms with Crippen molar-refractivity contribution in [1.82, 2.24) is 0 Å². The van der Waals surface area contributed by atoms with Crippen molar-refractivity contribution in [2.24, 2.45) is 0 Å². The minimum absolute atomic E-state index is 0.206. The molecule has 2 N–H and O–H groups in total. The molecule has 2 rings (SSSR count). The molecule has 4 heteroatoms. The van der Waals surface area contributed by atoms with E-state index in [0.717, 1.165) is 16.3 Å². The van der Waals surface area contributed by atoms with Crippen LogP contribution in [0.15, 0.2) is 18.2 Å². The van der Waals surface area contributed by atoms with E-state index in [2.05, 4.69) is 0 Å². The number of fused-ring (bicyclic) bond motifs is 1. The van der Waals surface area contributed by atoms with Crippen LogP contribution in [0.25, 0.3) is 10.8 Å². The first-order valence-corrected chi connectivity index (χ1v) is 5.84. The Balaban J connectivity index is 2.93. The van der Waals surface area contributed by atoms with Crippen LogP contribution in [0.2, 0.25) is 0 Å². The first-order valence-electron chi connectivity index (χ1n) is 5.84.